The third-order valence-electron chi connectivity index (χ3n) is 4.33. The molecule has 1 aliphatic carbocycles. The minimum atomic E-state index is -0.419. The van der Waals surface area contributed by atoms with Gasteiger partial charge < -0.3 is 16.3 Å². The Bertz CT molecular complexity index is 544. The van der Waals surface area contributed by atoms with Crippen molar-refractivity contribution in [1.29, 1.82) is 0 Å². The minimum absolute atomic E-state index is 0.142. The van der Waals surface area contributed by atoms with Gasteiger partial charge in [-0.05, 0) is 25.3 Å². The molecule has 0 amide bonds. The standard InChI is InChI=1S/C15H21FN4O/c16-14-10(2-1-3-13(14)15(17)19-21)8-18-11-6-7-20(9-11)12-4-5-12/h1-3,11-12,18,21H,4-9H2,(H2,17,19). The molecule has 0 radical (unpaired) electrons. The van der Waals surface area contributed by atoms with Gasteiger partial charge in [0, 0.05) is 37.3 Å². The van der Waals surface area contributed by atoms with Crippen molar-refractivity contribution in [2.45, 2.75) is 37.9 Å². The van der Waals surface area contributed by atoms with Crippen LogP contribution in [0.2, 0.25) is 0 Å². The molecular weight excluding hydrogens is 271 g/mol. The van der Waals surface area contributed by atoms with Crippen LogP contribution in [0.5, 0.6) is 0 Å². The lowest BCUT2D eigenvalue weighted by atomic mass is 10.1. The van der Waals surface area contributed by atoms with E-state index in [1.54, 1.807) is 12.1 Å². The van der Waals surface area contributed by atoms with Gasteiger partial charge in [-0.2, -0.15) is 0 Å². The molecule has 21 heavy (non-hydrogen) atoms. The fourth-order valence-corrected chi connectivity index (χ4v) is 2.95. The van der Waals surface area contributed by atoms with E-state index in [1.807, 2.05) is 0 Å². The number of nitrogens with zero attached hydrogens (tertiary/aromatic N) is 2. The fourth-order valence-electron chi connectivity index (χ4n) is 2.95. The number of rotatable bonds is 5. The van der Waals surface area contributed by atoms with E-state index >= 15 is 0 Å². The Balaban J connectivity index is 1.60. The van der Waals surface area contributed by atoms with Crippen LogP contribution in [0.1, 0.15) is 30.4 Å². The molecule has 1 saturated carbocycles. The Morgan fingerprint density at radius 1 is 1.43 bits per heavy atom. The van der Waals surface area contributed by atoms with E-state index in [1.165, 1.54) is 18.9 Å². The van der Waals surface area contributed by atoms with Crippen LogP contribution in [0.15, 0.2) is 23.4 Å². The maximum absolute atomic E-state index is 14.3. The van der Waals surface area contributed by atoms with Gasteiger partial charge in [0.1, 0.15) is 5.82 Å². The van der Waals surface area contributed by atoms with Gasteiger partial charge in [-0.1, -0.05) is 17.3 Å². The molecule has 2 aliphatic rings. The second-order valence-corrected chi connectivity index (χ2v) is 5.86. The second-order valence-electron chi connectivity index (χ2n) is 5.86. The summed E-state index contributed by atoms with van der Waals surface area (Å²) in [5.41, 5.74) is 6.16. The summed E-state index contributed by atoms with van der Waals surface area (Å²) in [4.78, 5) is 2.51. The molecule has 5 nitrogen and oxygen atoms in total. The summed E-state index contributed by atoms with van der Waals surface area (Å²) >= 11 is 0. The third kappa shape index (κ3) is 3.16. The van der Waals surface area contributed by atoms with E-state index in [0.29, 0.717) is 18.2 Å². The largest absolute Gasteiger partial charge is 0.409 e. The Morgan fingerprint density at radius 2 is 2.24 bits per heavy atom. The maximum Gasteiger partial charge on any atom is 0.173 e. The Morgan fingerprint density at radius 3 is 2.95 bits per heavy atom. The average Bonchev–Trinajstić information content (AvgIpc) is 3.24. The number of nitrogens with two attached hydrogens (primary N) is 1. The van der Waals surface area contributed by atoms with E-state index in [2.05, 4.69) is 15.4 Å². The number of halogens is 1. The number of amidine groups is 1. The highest BCUT2D eigenvalue weighted by Gasteiger charge is 2.34. The van der Waals surface area contributed by atoms with Crippen LogP contribution in [-0.4, -0.2) is 41.1 Å². The van der Waals surface area contributed by atoms with Crippen LogP contribution in [0.3, 0.4) is 0 Å². The first-order valence-corrected chi connectivity index (χ1v) is 7.41. The van der Waals surface area contributed by atoms with Crippen LogP contribution in [-0.2, 0) is 6.54 Å². The number of likely N-dealkylation sites (tertiary alicyclic amines) is 1. The van der Waals surface area contributed by atoms with Crippen molar-refractivity contribution in [3.8, 4) is 0 Å². The summed E-state index contributed by atoms with van der Waals surface area (Å²) in [6.45, 7) is 2.64. The predicted molar refractivity (Wildman–Crippen MR) is 78.8 cm³/mol. The lowest BCUT2D eigenvalue weighted by Crippen LogP contribution is -2.33. The van der Waals surface area contributed by atoms with E-state index < -0.39 is 5.82 Å². The number of hydrogen-bond acceptors (Lipinski definition) is 4. The maximum atomic E-state index is 14.3. The zero-order valence-electron chi connectivity index (χ0n) is 11.9. The highest BCUT2D eigenvalue weighted by molar-refractivity contribution is 5.97. The van der Waals surface area contributed by atoms with Gasteiger partial charge in [-0.15, -0.1) is 0 Å². The van der Waals surface area contributed by atoms with Crippen LogP contribution in [0, 0.1) is 5.82 Å². The second kappa shape index (κ2) is 5.99. The van der Waals surface area contributed by atoms with E-state index in [4.69, 9.17) is 10.9 Å². The van der Waals surface area contributed by atoms with Crippen molar-refractivity contribution < 1.29 is 9.60 Å². The molecule has 1 saturated heterocycles. The number of hydrogen-bond donors (Lipinski definition) is 3. The van der Waals surface area contributed by atoms with Gasteiger partial charge in [0.25, 0.3) is 0 Å². The summed E-state index contributed by atoms with van der Waals surface area (Å²) in [6, 6.07) is 6.16. The van der Waals surface area contributed by atoms with Gasteiger partial charge in [0.15, 0.2) is 5.84 Å². The molecule has 114 valence electrons. The van der Waals surface area contributed by atoms with Crippen LogP contribution in [0.4, 0.5) is 4.39 Å². The summed E-state index contributed by atoms with van der Waals surface area (Å²) in [5.74, 6) is -0.618. The SMILES string of the molecule is N/C(=N/O)c1cccc(CNC2CCN(C3CC3)C2)c1F. The first-order valence-electron chi connectivity index (χ1n) is 7.41. The Labute approximate surface area is 123 Å². The monoisotopic (exact) mass is 292 g/mol. The molecule has 1 unspecified atom stereocenters. The molecular formula is C15H21FN4O. The molecule has 1 aliphatic heterocycles. The molecule has 1 aromatic rings. The fraction of sp³-hybridized carbons (Fsp3) is 0.533. The lowest BCUT2D eigenvalue weighted by Gasteiger charge is -2.16. The first-order chi connectivity index (χ1) is 10.2. The van der Waals surface area contributed by atoms with Crippen molar-refractivity contribution in [3.05, 3.63) is 35.1 Å². The summed E-state index contributed by atoms with van der Waals surface area (Å²) < 4.78 is 14.3. The summed E-state index contributed by atoms with van der Waals surface area (Å²) in [7, 11) is 0. The van der Waals surface area contributed by atoms with Gasteiger partial charge in [-0.25, -0.2) is 4.39 Å². The van der Waals surface area contributed by atoms with Crippen molar-refractivity contribution >= 4 is 5.84 Å². The van der Waals surface area contributed by atoms with E-state index in [0.717, 1.165) is 25.6 Å². The molecule has 6 heteroatoms. The quantitative estimate of drug-likeness (QED) is 0.330. The molecule has 1 atom stereocenters. The van der Waals surface area contributed by atoms with Gasteiger partial charge in [0.05, 0.1) is 5.56 Å². The molecule has 2 fully saturated rings. The zero-order valence-corrected chi connectivity index (χ0v) is 11.9. The van der Waals surface area contributed by atoms with Crippen LogP contribution in [0.25, 0.3) is 0 Å². The Kier molecular flexibility index (Phi) is 4.07. The smallest absolute Gasteiger partial charge is 0.173 e. The van der Waals surface area contributed by atoms with Crippen molar-refractivity contribution in [2.24, 2.45) is 10.9 Å². The van der Waals surface area contributed by atoms with Crippen molar-refractivity contribution in [1.82, 2.24) is 10.2 Å². The van der Waals surface area contributed by atoms with Crippen molar-refractivity contribution in [2.75, 3.05) is 13.1 Å². The van der Waals surface area contributed by atoms with Crippen molar-refractivity contribution in [3.63, 3.8) is 0 Å². The molecule has 3 rings (SSSR count). The number of oxime groups is 1. The van der Waals surface area contributed by atoms with E-state index in [-0.39, 0.29) is 11.4 Å². The number of benzene rings is 1. The number of nitrogens with one attached hydrogen (secondary N) is 1. The van der Waals surface area contributed by atoms with Gasteiger partial charge in [-0.3, -0.25) is 4.90 Å². The molecule has 0 spiro atoms. The molecule has 0 bridgehead atoms. The molecule has 1 heterocycles. The van der Waals surface area contributed by atoms with Crippen LogP contribution >= 0.6 is 0 Å². The topological polar surface area (TPSA) is 73.9 Å². The highest BCUT2D eigenvalue weighted by Crippen LogP contribution is 2.29. The third-order valence-corrected chi connectivity index (χ3v) is 4.33. The predicted octanol–water partition coefficient (Wildman–Crippen LogP) is 1.25. The summed E-state index contributed by atoms with van der Waals surface area (Å²) in [5, 5.41) is 14.9. The molecule has 0 aromatic heterocycles. The molecule has 4 N–H and O–H groups in total. The normalized spacial score (nSPS) is 23.7. The average molecular weight is 292 g/mol. The van der Waals surface area contributed by atoms with Crippen LogP contribution < -0.4 is 11.1 Å². The summed E-state index contributed by atoms with van der Waals surface area (Å²) in [6.07, 6.45) is 3.75. The van der Waals surface area contributed by atoms with Gasteiger partial charge in [0.2, 0.25) is 0 Å². The lowest BCUT2D eigenvalue weighted by molar-refractivity contribution is 0.317. The van der Waals surface area contributed by atoms with E-state index in [9.17, 15) is 4.39 Å². The van der Waals surface area contributed by atoms with Gasteiger partial charge >= 0.3 is 0 Å². The zero-order chi connectivity index (χ0) is 14.8. The minimum Gasteiger partial charge on any atom is -0.409 e. The highest BCUT2D eigenvalue weighted by atomic mass is 19.1. The molecule has 1 aromatic carbocycles. The Hall–Kier alpha value is -1.66. The first kappa shape index (κ1) is 14.3.